The Bertz CT molecular complexity index is 338. The van der Waals surface area contributed by atoms with Gasteiger partial charge in [-0.3, -0.25) is 4.79 Å². The Labute approximate surface area is 75.4 Å². The van der Waals surface area contributed by atoms with E-state index < -0.39 is 12.0 Å². The molecule has 1 aromatic rings. The van der Waals surface area contributed by atoms with E-state index >= 15 is 0 Å². The van der Waals surface area contributed by atoms with Gasteiger partial charge in [0.05, 0.1) is 0 Å². The summed E-state index contributed by atoms with van der Waals surface area (Å²) in [6.45, 7) is 1.80. The highest BCUT2D eigenvalue weighted by Gasteiger charge is 2.17. The normalized spacial score (nSPS) is 12.5. The van der Waals surface area contributed by atoms with Crippen molar-refractivity contribution in [3.63, 3.8) is 0 Å². The Balaban J connectivity index is 3.12. The van der Waals surface area contributed by atoms with E-state index in [-0.39, 0.29) is 5.82 Å². The van der Waals surface area contributed by atoms with Crippen LogP contribution in [0.25, 0.3) is 0 Å². The Morgan fingerprint density at radius 1 is 1.69 bits per heavy atom. The minimum Gasteiger partial charge on any atom is -0.480 e. The molecule has 0 saturated carbocycles. The highest BCUT2D eigenvalue weighted by molar-refractivity contribution is 5.77. The van der Waals surface area contributed by atoms with Gasteiger partial charge in [0.2, 0.25) is 0 Å². The molecule has 70 valence electrons. The topological polar surface area (TPSA) is 102 Å². The summed E-state index contributed by atoms with van der Waals surface area (Å²) >= 11 is 0. The maximum Gasteiger partial charge on any atom is 0.325 e. The quantitative estimate of drug-likeness (QED) is 0.598. The molecule has 0 aromatic carbocycles. The van der Waals surface area contributed by atoms with Crippen LogP contribution in [0.5, 0.6) is 0 Å². The Hall–Kier alpha value is -1.62. The number of carbonyl (C=O) groups is 1. The smallest absolute Gasteiger partial charge is 0.325 e. The zero-order valence-electron chi connectivity index (χ0n) is 7.19. The van der Waals surface area contributed by atoms with Gasteiger partial charge >= 0.3 is 5.97 Å². The van der Waals surface area contributed by atoms with Crippen LogP contribution in [-0.2, 0) is 4.79 Å². The van der Waals surface area contributed by atoms with Crippen LogP contribution in [0.2, 0.25) is 0 Å². The van der Waals surface area contributed by atoms with Crippen LogP contribution >= 0.6 is 0 Å². The van der Waals surface area contributed by atoms with Crippen molar-refractivity contribution in [3.05, 3.63) is 23.4 Å². The zero-order chi connectivity index (χ0) is 10.0. The molecule has 5 nitrogen and oxygen atoms in total. The SMILES string of the molecule is Cc1cnc(N)c(C(N)C(=O)O)c1. The summed E-state index contributed by atoms with van der Waals surface area (Å²) in [5, 5.41) is 8.64. The van der Waals surface area contributed by atoms with Crippen LogP contribution in [-0.4, -0.2) is 16.1 Å². The Kier molecular flexibility index (Phi) is 2.48. The molecule has 0 radical (unpaired) electrons. The summed E-state index contributed by atoms with van der Waals surface area (Å²) in [5.74, 6) is -0.945. The van der Waals surface area contributed by atoms with Gasteiger partial charge in [0.25, 0.3) is 0 Å². The molecule has 1 aromatic heterocycles. The summed E-state index contributed by atoms with van der Waals surface area (Å²) < 4.78 is 0. The molecule has 1 heterocycles. The lowest BCUT2D eigenvalue weighted by Gasteiger charge is -2.09. The van der Waals surface area contributed by atoms with Gasteiger partial charge in [-0.05, 0) is 18.6 Å². The number of nitrogen functional groups attached to an aromatic ring is 1. The molecule has 5 heteroatoms. The van der Waals surface area contributed by atoms with Gasteiger partial charge < -0.3 is 16.6 Å². The predicted octanol–water partition coefficient (Wildman–Crippen LogP) is 0.0566. The average molecular weight is 181 g/mol. The second-order valence-electron chi connectivity index (χ2n) is 2.80. The van der Waals surface area contributed by atoms with E-state index in [1.165, 1.54) is 0 Å². The molecule has 0 aliphatic heterocycles. The van der Waals surface area contributed by atoms with E-state index in [2.05, 4.69) is 4.98 Å². The van der Waals surface area contributed by atoms with Gasteiger partial charge in [0.15, 0.2) is 0 Å². The van der Waals surface area contributed by atoms with E-state index in [0.717, 1.165) is 5.56 Å². The van der Waals surface area contributed by atoms with E-state index in [9.17, 15) is 4.79 Å². The molecule has 0 amide bonds. The fraction of sp³-hybridized carbons (Fsp3) is 0.250. The van der Waals surface area contributed by atoms with Crippen LogP contribution in [0.4, 0.5) is 5.82 Å². The third-order valence-corrected chi connectivity index (χ3v) is 1.69. The van der Waals surface area contributed by atoms with E-state index in [4.69, 9.17) is 16.6 Å². The van der Waals surface area contributed by atoms with Crippen LogP contribution in [0.15, 0.2) is 12.3 Å². The number of carboxylic acids is 1. The molecule has 0 aliphatic carbocycles. The number of aliphatic carboxylic acids is 1. The van der Waals surface area contributed by atoms with Gasteiger partial charge in [-0.25, -0.2) is 4.98 Å². The minimum atomic E-state index is -1.11. The van der Waals surface area contributed by atoms with Crippen LogP contribution < -0.4 is 11.5 Å². The first kappa shape index (κ1) is 9.47. The monoisotopic (exact) mass is 181 g/mol. The average Bonchev–Trinajstić information content (AvgIpc) is 2.08. The Morgan fingerprint density at radius 3 is 2.85 bits per heavy atom. The molecule has 0 aliphatic rings. The first-order chi connectivity index (χ1) is 6.02. The van der Waals surface area contributed by atoms with E-state index in [1.807, 2.05) is 0 Å². The molecule has 0 spiro atoms. The molecular formula is C8H11N3O2. The van der Waals surface area contributed by atoms with Gasteiger partial charge in [0, 0.05) is 11.8 Å². The van der Waals surface area contributed by atoms with Crippen molar-refractivity contribution in [1.82, 2.24) is 4.98 Å². The fourth-order valence-electron chi connectivity index (χ4n) is 0.985. The van der Waals surface area contributed by atoms with Crippen molar-refractivity contribution in [3.8, 4) is 0 Å². The van der Waals surface area contributed by atoms with Crippen molar-refractivity contribution in [2.24, 2.45) is 5.73 Å². The number of nitrogens with two attached hydrogens (primary N) is 2. The number of aryl methyl sites for hydroxylation is 1. The summed E-state index contributed by atoms with van der Waals surface area (Å²) in [6.07, 6.45) is 1.56. The molecule has 5 N–H and O–H groups in total. The number of pyridine rings is 1. The third kappa shape index (κ3) is 1.94. The lowest BCUT2D eigenvalue weighted by atomic mass is 10.1. The highest BCUT2D eigenvalue weighted by Crippen LogP contribution is 2.17. The van der Waals surface area contributed by atoms with Crippen LogP contribution in [0.3, 0.4) is 0 Å². The maximum atomic E-state index is 10.6. The first-order valence-electron chi connectivity index (χ1n) is 3.72. The van der Waals surface area contributed by atoms with Crippen molar-refractivity contribution in [1.29, 1.82) is 0 Å². The number of aromatic nitrogens is 1. The van der Waals surface area contributed by atoms with Gasteiger partial charge in [-0.15, -0.1) is 0 Å². The molecule has 1 rings (SSSR count). The molecule has 0 saturated heterocycles. The highest BCUT2D eigenvalue weighted by atomic mass is 16.4. The maximum absolute atomic E-state index is 10.6. The summed E-state index contributed by atoms with van der Waals surface area (Å²) in [4.78, 5) is 14.4. The molecular weight excluding hydrogens is 170 g/mol. The van der Waals surface area contributed by atoms with Crippen molar-refractivity contribution < 1.29 is 9.90 Å². The number of hydrogen-bond acceptors (Lipinski definition) is 4. The molecule has 1 atom stereocenters. The fourth-order valence-corrected chi connectivity index (χ4v) is 0.985. The van der Waals surface area contributed by atoms with Crippen LogP contribution in [0, 0.1) is 6.92 Å². The second kappa shape index (κ2) is 3.40. The number of hydrogen-bond donors (Lipinski definition) is 3. The van der Waals surface area contributed by atoms with Gasteiger partial charge in [-0.2, -0.15) is 0 Å². The lowest BCUT2D eigenvalue weighted by molar-refractivity contribution is -0.138. The van der Waals surface area contributed by atoms with Gasteiger partial charge in [-0.1, -0.05) is 0 Å². The number of nitrogens with zero attached hydrogens (tertiary/aromatic N) is 1. The summed E-state index contributed by atoms with van der Waals surface area (Å²) in [5.41, 5.74) is 12.0. The molecule has 0 bridgehead atoms. The molecule has 13 heavy (non-hydrogen) atoms. The third-order valence-electron chi connectivity index (χ3n) is 1.69. The minimum absolute atomic E-state index is 0.167. The first-order valence-corrected chi connectivity index (χ1v) is 3.72. The standard InChI is InChI=1S/C8H11N3O2/c1-4-2-5(6(9)8(12)13)7(10)11-3-4/h2-3,6H,9H2,1H3,(H2,10,11)(H,12,13). The van der Waals surface area contributed by atoms with Gasteiger partial charge in [0.1, 0.15) is 11.9 Å². The van der Waals surface area contributed by atoms with E-state index in [1.54, 1.807) is 19.2 Å². The van der Waals surface area contributed by atoms with Crippen molar-refractivity contribution >= 4 is 11.8 Å². The predicted molar refractivity (Wildman–Crippen MR) is 48.0 cm³/mol. The Morgan fingerprint density at radius 2 is 2.31 bits per heavy atom. The largest absolute Gasteiger partial charge is 0.480 e. The zero-order valence-corrected chi connectivity index (χ0v) is 7.19. The number of carboxylic acid groups (broad SMARTS) is 1. The van der Waals surface area contributed by atoms with Crippen LogP contribution in [0.1, 0.15) is 17.2 Å². The summed E-state index contributed by atoms with van der Waals surface area (Å²) in [7, 11) is 0. The molecule has 1 unspecified atom stereocenters. The number of anilines is 1. The van der Waals surface area contributed by atoms with Crippen molar-refractivity contribution in [2.45, 2.75) is 13.0 Å². The lowest BCUT2D eigenvalue weighted by Crippen LogP contribution is -2.22. The summed E-state index contributed by atoms with van der Waals surface area (Å²) in [6, 6.07) is 0.522. The van der Waals surface area contributed by atoms with E-state index in [0.29, 0.717) is 5.56 Å². The van der Waals surface area contributed by atoms with Crippen molar-refractivity contribution in [2.75, 3.05) is 5.73 Å². The number of rotatable bonds is 2. The second-order valence-corrected chi connectivity index (χ2v) is 2.80. The molecule has 0 fully saturated rings.